The second-order valence-corrected chi connectivity index (χ2v) is 5.95. The van der Waals surface area contributed by atoms with Gasteiger partial charge in [-0.2, -0.15) is 0 Å². The Morgan fingerprint density at radius 1 is 0.960 bits per heavy atom. The summed E-state index contributed by atoms with van der Waals surface area (Å²) in [6, 6.07) is 8.43. The van der Waals surface area contributed by atoms with Crippen molar-refractivity contribution in [3.8, 4) is 17.2 Å². The third-order valence-electron chi connectivity index (χ3n) is 3.48. The van der Waals surface area contributed by atoms with E-state index >= 15 is 0 Å². The maximum absolute atomic E-state index is 12.1. The molecule has 7 heteroatoms. The fraction of sp³-hybridized carbons (Fsp3) is 0.278. The van der Waals surface area contributed by atoms with E-state index in [2.05, 4.69) is 0 Å². The molecule has 0 spiro atoms. The van der Waals surface area contributed by atoms with Crippen LogP contribution in [0.4, 0.5) is 0 Å². The summed E-state index contributed by atoms with van der Waals surface area (Å²) in [6.07, 6.45) is 0.0575. The normalized spacial score (nSPS) is 10.3. The molecular weight excluding hydrogens is 367 g/mol. The van der Waals surface area contributed by atoms with E-state index in [1.807, 2.05) is 0 Å². The summed E-state index contributed by atoms with van der Waals surface area (Å²) in [5.74, 6) is 1.02. The molecule has 2 aromatic carbocycles. The molecule has 0 unspecified atom stereocenters. The number of hydrogen-bond donors (Lipinski definition) is 0. The van der Waals surface area contributed by atoms with Crippen molar-refractivity contribution in [1.82, 2.24) is 0 Å². The van der Waals surface area contributed by atoms with Gasteiger partial charge in [0.25, 0.3) is 0 Å². The molecule has 0 aliphatic heterocycles. The van der Waals surface area contributed by atoms with Gasteiger partial charge in [0.15, 0.2) is 11.5 Å². The minimum Gasteiger partial charge on any atom is -0.493 e. The molecule has 0 fully saturated rings. The monoisotopic (exact) mass is 384 g/mol. The van der Waals surface area contributed by atoms with Gasteiger partial charge in [0.2, 0.25) is 5.75 Å². The third kappa shape index (κ3) is 4.94. The number of benzene rings is 2. The Bertz CT molecular complexity index is 736. The van der Waals surface area contributed by atoms with Gasteiger partial charge in [-0.25, -0.2) is 0 Å². The zero-order valence-electron chi connectivity index (χ0n) is 14.1. The molecule has 0 aliphatic carbocycles. The van der Waals surface area contributed by atoms with Gasteiger partial charge in [-0.3, -0.25) is 4.79 Å². The molecule has 0 amide bonds. The highest BCUT2D eigenvalue weighted by Crippen LogP contribution is 2.38. The van der Waals surface area contributed by atoms with Gasteiger partial charge < -0.3 is 18.9 Å². The average Bonchev–Trinajstić information content (AvgIpc) is 2.60. The number of carbonyl (C=O) groups is 1. The molecule has 0 N–H and O–H groups in total. The second kappa shape index (κ2) is 8.83. The fourth-order valence-electron chi connectivity index (χ4n) is 2.25. The number of halogens is 2. The molecule has 134 valence electrons. The van der Waals surface area contributed by atoms with Crippen LogP contribution in [0.3, 0.4) is 0 Å². The first-order valence-corrected chi connectivity index (χ1v) is 8.12. The average molecular weight is 385 g/mol. The molecule has 5 nitrogen and oxygen atoms in total. The van der Waals surface area contributed by atoms with Gasteiger partial charge >= 0.3 is 5.97 Å². The smallest absolute Gasteiger partial charge is 0.310 e. The maximum atomic E-state index is 12.1. The van der Waals surface area contributed by atoms with Gasteiger partial charge in [0.05, 0.1) is 27.8 Å². The minimum atomic E-state index is -0.403. The summed E-state index contributed by atoms with van der Waals surface area (Å²) >= 11 is 11.9. The Hall–Kier alpha value is -2.11. The van der Waals surface area contributed by atoms with Gasteiger partial charge in [0.1, 0.15) is 6.61 Å². The van der Waals surface area contributed by atoms with Crippen LogP contribution < -0.4 is 14.2 Å². The van der Waals surface area contributed by atoms with E-state index in [-0.39, 0.29) is 13.0 Å². The molecule has 0 atom stereocenters. The lowest BCUT2D eigenvalue weighted by atomic mass is 10.1. The van der Waals surface area contributed by atoms with Crippen LogP contribution in [0.2, 0.25) is 10.0 Å². The standard InChI is InChI=1S/C18H18Cl2O5/c1-22-15-6-11(7-16(23-2)18(15)24-3)8-17(21)25-10-12-4-5-13(19)9-14(12)20/h4-7,9H,8,10H2,1-3H3. The number of esters is 1. The van der Waals surface area contributed by atoms with Crippen molar-refractivity contribution < 1.29 is 23.7 Å². The number of rotatable bonds is 7. The van der Waals surface area contributed by atoms with Gasteiger partial charge in [-0.1, -0.05) is 29.3 Å². The molecule has 25 heavy (non-hydrogen) atoms. The molecule has 0 radical (unpaired) electrons. The summed E-state index contributed by atoms with van der Waals surface area (Å²) < 4.78 is 21.1. The number of hydrogen-bond acceptors (Lipinski definition) is 5. The van der Waals surface area contributed by atoms with Crippen LogP contribution in [-0.4, -0.2) is 27.3 Å². The van der Waals surface area contributed by atoms with E-state index in [0.29, 0.717) is 38.4 Å². The largest absolute Gasteiger partial charge is 0.493 e. The summed E-state index contributed by atoms with van der Waals surface area (Å²) in [5, 5.41) is 0.977. The lowest BCUT2D eigenvalue weighted by Gasteiger charge is -2.14. The molecule has 0 heterocycles. The molecule has 0 aliphatic rings. The third-order valence-corrected chi connectivity index (χ3v) is 4.06. The second-order valence-electron chi connectivity index (χ2n) is 5.11. The Kier molecular flexibility index (Phi) is 6.79. The summed E-state index contributed by atoms with van der Waals surface area (Å²) in [5.41, 5.74) is 1.37. The summed E-state index contributed by atoms with van der Waals surface area (Å²) in [6.45, 7) is 0.0687. The molecule has 0 saturated carbocycles. The molecule has 0 aromatic heterocycles. The molecule has 2 aromatic rings. The van der Waals surface area contributed by atoms with E-state index in [1.54, 1.807) is 30.3 Å². The predicted molar refractivity (Wildman–Crippen MR) is 96.1 cm³/mol. The SMILES string of the molecule is COc1cc(CC(=O)OCc2ccc(Cl)cc2Cl)cc(OC)c1OC. The van der Waals surface area contributed by atoms with Crippen LogP contribution in [0.5, 0.6) is 17.2 Å². The number of ether oxygens (including phenoxy) is 4. The van der Waals surface area contributed by atoms with Crippen molar-refractivity contribution in [2.75, 3.05) is 21.3 Å². The Balaban J connectivity index is 2.07. The number of methoxy groups -OCH3 is 3. The van der Waals surface area contributed by atoms with Crippen LogP contribution in [0.15, 0.2) is 30.3 Å². The highest BCUT2D eigenvalue weighted by molar-refractivity contribution is 6.35. The minimum absolute atomic E-state index is 0.0575. The fourth-order valence-corrected chi connectivity index (χ4v) is 2.72. The summed E-state index contributed by atoms with van der Waals surface area (Å²) in [7, 11) is 4.55. The van der Waals surface area contributed by atoms with E-state index in [4.69, 9.17) is 42.1 Å². The Morgan fingerprint density at radius 3 is 2.12 bits per heavy atom. The first-order chi connectivity index (χ1) is 12.0. The highest BCUT2D eigenvalue weighted by atomic mass is 35.5. The topological polar surface area (TPSA) is 54.0 Å². The lowest BCUT2D eigenvalue weighted by molar-refractivity contribution is -0.144. The van der Waals surface area contributed by atoms with E-state index < -0.39 is 5.97 Å². The zero-order chi connectivity index (χ0) is 18.4. The highest BCUT2D eigenvalue weighted by Gasteiger charge is 2.15. The Labute approximate surface area is 156 Å². The van der Waals surface area contributed by atoms with Crippen LogP contribution in [-0.2, 0) is 22.6 Å². The maximum Gasteiger partial charge on any atom is 0.310 e. The van der Waals surface area contributed by atoms with Crippen LogP contribution in [0.1, 0.15) is 11.1 Å². The van der Waals surface area contributed by atoms with Crippen LogP contribution in [0, 0.1) is 0 Å². The van der Waals surface area contributed by atoms with E-state index in [1.165, 1.54) is 21.3 Å². The van der Waals surface area contributed by atoms with Crippen molar-refractivity contribution in [2.24, 2.45) is 0 Å². The van der Waals surface area contributed by atoms with Crippen molar-refractivity contribution in [3.63, 3.8) is 0 Å². The van der Waals surface area contributed by atoms with Crippen molar-refractivity contribution in [3.05, 3.63) is 51.5 Å². The van der Waals surface area contributed by atoms with E-state index in [9.17, 15) is 4.79 Å². The van der Waals surface area contributed by atoms with Crippen LogP contribution >= 0.6 is 23.2 Å². The van der Waals surface area contributed by atoms with Crippen molar-refractivity contribution >= 4 is 29.2 Å². The van der Waals surface area contributed by atoms with Crippen LogP contribution in [0.25, 0.3) is 0 Å². The van der Waals surface area contributed by atoms with Gasteiger partial charge in [0, 0.05) is 15.6 Å². The molecule has 2 rings (SSSR count). The van der Waals surface area contributed by atoms with Crippen molar-refractivity contribution in [2.45, 2.75) is 13.0 Å². The van der Waals surface area contributed by atoms with Gasteiger partial charge in [-0.15, -0.1) is 0 Å². The summed E-state index contributed by atoms with van der Waals surface area (Å²) in [4.78, 5) is 12.1. The first-order valence-electron chi connectivity index (χ1n) is 7.37. The first kappa shape index (κ1) is 19.2. The predicted octanol–water partition coefficient (Wildman–Crippen LogP) is 4.31. The lowest BCUT2D eigenvalue weighted by Crippen LogP contribution is -2.09. The zero-order valence-corrected chi connectivity index (χ0v) is 15.6. The van der Waals surface area contributed by atoms with E-state index in [0.717, 1.165) is 0 Å². The Morgan fingerprint density at radius 2 is 1.60 bits per heavy atom. The molecular formula is C18H18Cl2O5. The molecule has 0 bridgehead atoms. The quantitative estimate of drug-likeness (QED) is 0.665. The number of carbonyl (C=O) groups excluding carboxylic acids is 1. The van der Waals surface area contributed by atoms with Crippen molar-refractivity contribution in [1.29, 1.82) is 0 Å². The van der Waals surface area contributed by atoms with Gasteiger partial charge in [-0.05, 0) is 29.8 Å². The molecule has 0 saturated heterocycles.